The van der Waals surface area contributed by atoms with Gasteiger partial charge in [0.25, 0.3) is 0 Å². The van der Waals surface area contributed by atoms with Crippen molar-refractivity contribution >= 4 is 5.84 Å². The molecular formula is C19H19N5O2. The van der Waals surface area contributed by atoms with Crippen LogP contribution in [0, 0.1) is 13.8 Å². The van der Waals surface area contributed by atoms with Crippen molar-refractivity contribution < 1.29 is 10.0 Å². The second-order valence-corrected chi connectivity index (χ2v) is 5.79. The van der Waals surface area contributed by atoms with Crippen LogP contribution in [0.3, 0.4) is 0 Å². The first-order valence-corrected chi connectivity index (χ1v) is 8.10. The van der Waals surface area contributed by atoms with Gasteiger partial charge >= 0.3 is 0 Å². The van der Waals surface area contributed by atoms with Crippen LogP contribution < -0.4 is 10.3 Å². The summed E-state index contributed by atoms with van der Waals surface area (Å²) in [7, 11) is 0. The summed E-state index contributed by atoms with van der Waals surface area (Å²) in [4.78, 5) is 18.4. The summed E-state index contributed by atoms with van der Waals surface area (Å²) < 4.78 is 0. The summed E-state index contributed by atoms with van der Waals surface area (Å²) >= 11 is 0. The van der Waals surface area contributed by atoms with Gasteiger partial charge in [0.15, 0.2) is 0 Å². The summed E-state index contributed by atoms with van der Waals surface area (Å²) in [5.41, 5.74) is 6.60. The number of aromatic nitrogens is 3. The van der Waals surface area contributed by atoms with E-state index in [-0.39, 0.29) is 5.84 Å². The van der Waals surface area contributed by atoms with E-state index in [4.69, 9.17) is 4.84 Å². The highest BCUT2D eigenvalue weighted by Crippen LogP contribution is 2.13. The molecule has 3 aromatic rings. The van der Waals surface area contributed by atoms with E-state index in [1.165, 1.54) is 6.20 Å². The van der Waals surface area contributed by atoms with Crippen LogP contribution in [0.2, 0.25) is 0 Å². The number of nitrogens with one attached hydrogen (secondary N) is 1. The lowest BCUT2D eigenvalue weighted by Crippen LogP contribution is -2.30. The highest BCUT2D eigenvalue weighted by Gasteiger charge is 2.14. The zero-order valence-electron chi connectivity index (χ0n) is 14.5. The smallest absolute Gasteiger partial charge is 0.246 e. The lowest BCUT2D eigenvalue weighted by atomic mass is 10.1. The van der Waals surface area contributed by atoms with E-state index in [1.807, 2.05) is 50.2 Å². The molecule has 2 heterocycles. The molecule has 7 nitrogen and oxygen atoms in total. The minimum Gasteiger partial charge on any atom is -0.409 e. The Bertz CT molecular complexity index is 893. The van der Waals surface area contributed by atoms with Crippen molar-refractivity contribution in [3.05, 3.63) is 83.1 Å². The number of nitrogens with zero attached hydrogens (tertiary/aromatic N) is 4. The normalized spacial score (nSPS) is 11.2. The average molecular weight is 349 g/mol. The Morgan fingerprint density at radius 2 is 1.88 bits per heavy atom. The van der Waals surface area contributed by atoms with Crippen LogP contribution in [0.5, 0.6) is 5.88 Å². The van der Waals surface area contributed by atoms with Crippen LogP contribution in [0.4, 0.5) is 0 Å². The van der Waals surface area contributed by atoms with Gasteiger partial charge in [-0.2, -0.15) is 5.48 Å². The predicted molar refractivity (Wildman–Crippen MR) is 97.1 cm³/mol. The average Bonchev–Trinajstić information content (AvgIpc) is 2.63. The second-order valence-electron chi connectivity index (χ2n) is 5.79. The molecule has 26 heavy (non-hydrogen) atoms. The maximum Gasteiger partial charge on any atom is 0.246 e. The van der Waals surface area contributed by atoms with Crippen molar-refractivity contribution in [2.24, 2.45) is 5.16 Å². The van der Waals surface area contributed by atoms with E-state index in [9.17, 15) is 5.21 Å². The summed E-state index contributed by atoms with van der Waals surface area (Å²) in [5, 5.41) is 12.7. The van der Waals surface area contributed by atoms with E-state index >= 15 is 0 Å². The van der Waals surface area contributed by atoms with Gasteiger partial charge in [0.1, 0.15) is 5.69 Å². The molecule has 0 unspecified atom stereocenters. The van der Waals surface area contributed by atoms with Gasteiger partial charge in [-0.15, -0.1) is 0 Å². The van der Waals surface area contributed by atoms with Crippen LogP contribution in [0.25, 0.3) is 0 Å². The molecule has 3 rings (SSSR count). The van der Waals surface area contributed by atoms with E-state index in [0.29, 0.717) is 23.7 Å². The van der Waals surface area contributed by atoms with E-state index in [0.717, 1.165) is 16.8 Å². The molecule has 0 bridgehead atoms. The Hall–Kier alpha value is -3.48. The Balaban J connectivity index is 1.80. The van der Waals surface area contributed by atoms with Gasteiger partial charge in [-0.1, -0.05) is 35.5 Å². The van der Waals surface area contributed by atoms with Crippen LogP contribution in [0.1, 0.15) is 28.2 Å². The molecule has 0 aliphatic heterocycles. The molecule has 0 spiro atoms. The van der Waals surface area contributed by atoms with Crippen molar-refractivity contribution in [3.63, 3.8) is 0 Å². The first-order valence-electron chi connectivity index (χ1n) is 8.10. The van der Waals surface area contributed by atoms with Crippen molar-refractivity contribution in [2.45, 2.75) is 20.3 Å². The van der Waals surface area contributed by atoms with Gasteiger partial charge < -0.3 is 10.0 Å². The molecule has 1 aromatic carbocycles. The fourth-order valence-electron chi connectivity index (χ4n) is 2.56. The fourth-order valence-corrected chi connectivity index (χ4v) is 2.56. The number of hydroxylamine groups is 1. The van der Waals surface area contributed by atoms with Crippen LogP contribution >= 0.6 is 0 Å². The molecule has 2 aromatic heterocycles. The zero-order chi connectivity index (χ0) is 18.4. The van der Waals surface area contributed by atoms with Gasteiger partial charge in [-0.3, -0.25) is 4.98 Å². The van der Waals surface area contributed by atoms with E-state index in [2.05, 4.69) is 25.6 Å². The number of amidine groups is 1. The molecule has 0 fully saturated rings. The molecule has 7 heteroatoms. The number of oxime groups is 1. The number of hydrogen-bond donors (Lipinski definition) is 2. The first kappa shape index (κ1) is 17.3. The number of benzene rings is 1. The quantitative estimate of drug-likeness (QED) is 0.318. The zero-order valence-corrected chi connectivity index (χ0v) is 14.5. The molecule has 0 aliphatic carbocycles. The molecule has 0 amide bonds. The fraction of sp³-hybridized carbons (Fsp3) is 0.158. The Morgan fingerprint density at radius 3 is 2.62 bits per heavy atom. The highest BCUT2D eigenvalue weighted by atomic mass is 16.7. The Labute approximate surface area is 151 Å². The van der Waals surface area contributed by atoms with E-state index in [1.54, 1.807) is 12.3 Å². The third-order valence-electron chi connectivity index (χ3n) is 3.64. The third kappa shape index (κ3) is 4.32. The van der Waals surface area contributed by atoms with E-state index < -0.39 is 0 Å². The van der Waals surface area contributed by atoms with Gasteiger partial charge in [-0.05, 0) is 31.0 Å². The number of hydrogen-bond acceptors (Lipinski definition) is 6. The minimum absolute atomic E-state index is 0.0602. The molecule has 0 atom stereocenters. The molecule has 2 N–H and O–H groups in total. The van der Waals surface area contributed by atoms with Gasteiger partial charge in [0.05, 0.1) is 5.69 Å². The van der Waals surface area contributed by atoms with Gasteiger partial charge in [0.2, 0.25) is 11.7 Å². The standard InChI is InChI=1S/C19H19N5O2/c1-13-10-14(2)22-17(11-13)26-24-19(23-25)18-16(20-8-9-21-18)12-15-6-4-3-5-7-15/h3-11,25H,12H2,1-2H3,(H,23,24). The third-order valence-corrected chi connectivity index (χ3v) is 3.64. The monoisotopic (exact) mass is 349 g/mol. The first-order chi connectivity index (χ1) is 12.7. The molecule has 0 saturated heterocycles. The Kier molecular flexibility index (Phi) is 5.38. The number of pyridine rings is 1. The summed E-state index contributed by atoms with van der Waals surface area (Å²) in [6.07, 6.45) is 3.68. The van der Waals surface area contributed by atoms with Crippen molar-refractivity contribution in [3.8, 4) is 5.88 Å². The second kappa shape index (κ2) is 8.06. The van der Waals surface area contributed by atoms with Gasteiger partial charge in [0, 0.05) is 30.6 Å². The van der Waals surface area contributed by atoms with Gasteiger partial charge in [-0.25, -0.2) is 9.97 Å². The van der Waals surface area contributed by atoms with Crippen molar-refractivity contribution in [1.82, 2.24) is 20.4 Å². The van der Waals surface area contributed by atoms with Crippen molar-refractivity contribution in [1.29, 1.82) is 0 Å². The van der Waals surface area contributed by atoms with Crippen LogP contribution in [-0.4, -0.2) is 26.0 Å². The molecular weight excluding hydrogens is 330 g/mol. The van der Waals surface area contributed by atoms with Crippen LogP contribution in [0.15, 0.2) is 60.0 Å². The lowest BCUT2D eigenvalue weighted by molar-refractivity contribution is 0.238. The topological polar surface area (TPSA) is 92.5 Å². The number of aryl methyl sites for hydroxylation is 2. The minimum atomic E-state index is 0.0602. The maximum absolute atomic E-state index is 9.41. The Morgan fingerprint density at radius 1 is 1.12 bits per heavy atom. The summed E-state index contributed by atoms with van der Waals surface area (Å²) in [6, 6.07) is 13.6. The van der Waals surface area contributed by atoms with Crippen LogP contribution in [-0.2, 0) is 6.42 Å². The lowest BCUT2D eigenvalue weighted by Gasteiger charge is -2.12. The number of rotatable bonds is 5. The molecule has 0 saturated carbocycles. The highest BCUT2D eigenvalue weighted by molar-refractivity contribution is 5.96. The predicted octanol–water partition coefficient (Wildman–Crippen LogP) is 2.80. The molecule has 0 aliphatic rings. The van der Waals surface area contributed by atoms with Crippen molar-refractivity contribution in [2.75, 3.05) is 0 Å². The maximum atomic E-state index is 9.41. The largest absolute Gasteiger partial charge is 0.409 e. The molecule has 0 radical (unpaired) electrons. The summed E-state index contributed by atoms with van der Waals surface area (Å²) in [6.45, 7) is 3.82. The SMILES string of the molecule is Cc1cc(C)nc(ONC(=NO)c2nccnc2Cc2ccccc2)c1. The summed E-state index contributed by atoms with van der Waals surface area (Å²) in [5.74, 6) is 0.433. The molecule has 132 valence electrons.